The minimum Gasteiger partial charge on any atom is -0.481 e. The van der Waals surface area contributed by atoms with Crippen LogP contribution in [0.5, 0.6) is 0 Å². The molecule has 2 fully saturated rings. The zero-order chi connectivity index (χ0) is 13.8. The summed E-state index contributed by atoms with van der Waals surface area (Å²) in [6, 6.07) is 0. The Morgan fingerprint density at radius 2 is 1.79 bits per heavy atom. The van der Waals surface area contributed by atoms with Crippen LogP contribution in [0.25, 0.3) is 0 Å². The van der Waals surface area contributed by atoms with Crippen molar-refractivity contribution < 1.29 is 14.7 Å². The molecule has 2 aliphatic rings. The van der Waals surface area contributed by atoms with Gasteiger partial charge in [0.1, 0.15) is 0 Å². The standard InChI is InChI=1S/C14H24N2O3/c15-8-10-3-5-11(6-4-10)13(17)16-7-1-2-12(9-16)14(18)19/h10-12H,1-9,15H2,(H,18,19)/t10?,11?,12-/m0/s1. The summed E-state index contributed by atoms with van der Waals surface area (Å²) in [4.78, 5) is 25.2. The Bertz CT molecular complexity index is 338. The molecule has 108 valence electrons. The van der Waals surface area contributed by atoms with Gasteiger partial charge < -0.3 is 15.7 Å². The highest BCUT2D eigenvalue weighted by Crippen LogP contribution is 2.30. The van der Waals surface area contributed by atoms with Crippen molar-refractivity contribution in [3.05, 3.63) is 0 Å². The van der Waals surface area contributed by atoms with Crippen LogP contribution in [0.4, 0.5) is 0 Å². The Kier molecular flexibility index (Phi) is 4.80. The van der Waals surface area contributed by atoms with Gasteiger partial charge in [-0.3, -0.25) is 9.59 Å². The molecule has 5 heteroatoms. The molecule has 1 atom stereocenters. The topological polar surface area (TPSA) is 83.6 Å². The van der Waals surface area contributed by atoms with E-state index in [1.165, 1.54) is 0 Å². The fourth-order valence-corrected chi connectivity index (χ4v) is 3.28. The number of nitrogens with two attached hydrogens (primary N) is 1. The molecule has 5 nitrogen and oxygen atoms in total. The van der Waals surface area contributed by atoms with E-state index in [9.17, 15) is 9.59 Å². The number of carboxylic acid groups (broad SMARTS) is 1. The summed E-state index contributed by atoms with van der Waals surface area (Å²) in [6.07, 6.45) is 5.38. The van der Waals surface area contributed by atoms with Crippen LogP contribution in [-0.4, -0.2) is 41.5 Å². The second-order valence-corrected chi connectivity index (χ2v) is 5.91. The maximum atomic E-state index is 12.4. The lowest BCUT2D eigenvalue weighted by Crippen LogP contribution is -2.45. The zero-order valence-electron chi connectivity index (χ0n) is 11.4. The molecule has 1 saturated heterocycles. The molecular weight excluding hydrogens is 244 g/mol. The van der Waals surface area contributed by atoms with Gasteiger partial charge in [-0.2, -0.15) is 0 Å². The van der Waals surface area contributed by atoms with Gasteiger partial charge in [0.15, 0.2) is 0 Å². The Balaban J connectivity index is 1.87. The van der Waals surface area contributed by atoms with Gasteiger partial charge in [0.05, 0.1) is 5.92 Å². The van der Waals surface area contributed by atoms with E-state index in [0.29, 0.717) is 25.4 Å². The molecule has 0 bridgehead atoms. The predicted octanol–water partition coefficient (Wildman–Crippen LogP) is 1.07. The van der Waals surface area contributed by atoms with E-state index in [1.807, 2.05) is 0 Å². The maximum absolute atomic E-state index is 12.4. The van der Waals surface area contributed by atoms with E-state index in [-0.39, 0.29) is 17.7 Å². The lowest BCUT2D eigenvalue weighted by atomic mass is 9.81. The molecule has 1 amide bonds. The van der Waals surface area contributed by atoms with Crippen molar-refractivity contribution >= 4 is 11.9 Å². The molecule has 1 heterocycles. The molecule has 1 saturated carbocycles. The highest BCUT2D eigenvalue weighted by Gasteiger charge is 2.33. The van der Waals surface area contributed by atoms with Crippen LogP contribution < -0.4 is 5.73 Å². The number of aliphatic carboxylic acids is 1. The van der Waals surface area contributed by atoms with Crippen molar-refractivity contribution in [1.29, 1.82) is 0 Å². The van der Waals surface area contributed by atoms with Crippen LogP contribution in [0, 0.1) is 17.8 Å². The highest BCUT2D eigenvalue weighted by molar-refractivity contribution is 5.80. The lowest BCUT2D eigenvalue weighted by Gasteiger charge is -2.35. The molecule has 19 heavy (non-hydrogen) atoms. The van der Waals surface area contributed by atoms with Gasteiger partial charge in [0.2, 0.25) is 5.91 Å². The third kappa shape index (κ3) is 3.47. The first-order valence-electron chi connectivity index (χ1n) is 7.33. The molecule has 0 spiro atoms. The van der Waals surface area contributed by atoms with Gasteiger partial charge in [0.25, 0.3) is 0 Å². The number of piperidine rings is 1. The lowest BCUT2D eigenvalue weighted by molar-refractivity contribution is -0.147. The summed E-state index contributed by atoms with van der Waals surface area (Å²) in [5, 5.41) is 9.06. The summed E-state index contributed by atoms with van der Waals surface area (Å²) in [5.41, 5.74) is 5.66. The van der Waals surface area contributed by atoms with Crippen molar-refractivity contribution in [1.82, 2.24) is 4.90 Å². The van der Waals surface area contributed by atoms with Gasteiger partial charge in [-0.25, -0.2) is 0 Å². The van der Waals surface area contributed by atoms with Gasteiger partial charge in [-0.15, -0.1) is 0 Å². The van der Waals surface area contributed by atoms with Crippen LogP contribution >= 0.6 is 0 Å². The van der Waals surface area contributed by atoms with Gasteiger partial charge in [0, 0.05) is 19.0 Å². The van der Waals surface area contributed by atoms with E-state index in [1.54, 1.807) is 4.90 Å². The minimum absolute atomic E-state index is 0.0929. The Labute approximate surface area is 114 Å². The first-order valence-corrected chi connectivity index (χ1v) is 7.33. The van der Waals surface area contributed by atoms with Gasteiger partial charge in [-0.1, -0.05) is 0 Å². The molecule has 2 rings (SSSR count). The molecule has 1 aliphatic carbocycles. The van der Waals surface area contributed by atoms with Crippen LogP contribution in [0.3, 0.4) is 0 Å². The summed E-state index contributed by atoms with van der Waals surface area (Å²) >= 11 is 0. The average molecular weight is 268 g/mol. The normalized spacial score (nSPS) is 32.1. The Morgan fingerprint density at radius 3 is 2.37 bits per heavy atom. The fourth-order valence-electron chi connectivity index (χ4n) is 3.28. The van der Waals surface area contributed by atoms with Crippen molar-refractivity contribution in [3.63, 3.8) is 0 Å². The summed E-state index contributed by atoms with van der Waals surface area (Å²) in [7, 11) is 0. The van der Waals surface area contributed by atoms with E-state index in [2.05, 4.69) is 0 Å². The van der Waals surface area contributed by atoms with Crippen LogP contribution in [0.2, 0.25) is 0 Å². The molecular formula is C14H24N2O3. The second kappa shape index (κ2) is 6.37. The third-order valence-corrected chi connectivity index (χ3v) is 4.61. The molecule has 0 unspecified atom stereocenters. The molecule has 3 N–H and O–H groups in total. The first kappa shape index (κ1) is 14.3. The minimum atomic E-state index is -0.774. The Morgan fingerprint density at radius 1 is 1.11 bits per heavy atom. The van der Waals surface area contributed by atoms with E-state index in [4.69, 9.17) is 10.8 Å². The number of nitrogens with zero attached hydrogens (tertiary/aromatic N) is 1. The predicted molar refractivity (Wildman–Crippen MR) is 71.4 cm³/mol. The van der Waals surface area contributed by atoms with Crippen LogP contribution in [0.1, 0.15) is 38.5 Å². The van der Waals surface area contributed by atoms with Crippen molar-refractivity contribution in [2.75, 3.05) is 19.6 Å². The maximum Gasteiger partial charge on any atom is 0.308 e. The molecule has 0 aromatic rings. The van der Waals surface area contributed by atoms with Crippen molar-refractivity contribution in [2.24, 2.45) is 23.5 Å². The number of hydrogen-bond donors (Lipinski definition) is 2. The van der Waals surface area contributed by atoms with Crippen LogP contribution in [-0.2, 0) is 9.59 Å². The van der Waals surface area contributed by atoms with Crippen LogP contribution in [0.15, 0.2) is 0 Å². The molecule has 0 aromatic heterocycles. The van der Waals surface area contributed by atoms with E-state index < -0.39 is 5.97 Å². The summed E-state index contributed by atoms with van der Waals surface area (Å²) in [5.74, 6) is -0.323. The quantitative estimate of drug-likeness (QED) is 0.802. The number of carbonyl (C=O) groups is 2. The summed E-state index contributed by atoms with van der Waals surface area (Å²) < 4.78 is 0. The molecule has 0 radical (unpaired) electrons. The smallest absolute Gasteiger partial charge is 0.308 e. The van der Waals surface area contributed by atoms with Gasteiger partial charge >= 0.3 is 5.97 Å². The SMILES string of the molecule is NCC1CCC(C(=O)N2CCC[C@H](C(=O)O)C2)CC1. The number of carbonyl (C=O) groups excluding carboxylic acids is 1. The van der Waals surface area contributed by atoms with Crippen molar-refractivity contribution in [3.8, 4) is 0 Å². The zero-order valence-corrected chi connectivity index (χ0v) is 11.4. The highest BCUT2D eigenvalue weighted by atomic mass is 16.4. The first-order chi connectivity index (χ1) is 9.11. The number of amides is 1. The molecule has 0 aromatic carbocycles. The van der Waals surface area contributed by atoms with Gasteiger partial charge in [-0.05, 0) is 51.0 Å². The van der Waals surface area contributed by atoms with E-state index in [0.717, 1.165) is 38.6 Å². The van der Waals surface area contributed by atoms with E-state index >= 15 is 0 Å². The third-order valence-electron chi connectivity index (χ3n) is 4.61. The average Bonchev–Trinajstić information content (AvgIpc) is 2.46. The molecule has 1 aliphatic heterocycles. The monoisotopic (exact) mass is 268 g/mol. The number of hydrogen-bond acceptors (Lipinski definition) is 3. The largest absolute Gasteiger partial charge is 0.481 e. The van der Waals surface area contributed by atoms with Crippen molar-refractivity contribution in [2.45, 2.75) is 38.5 Å². The Hall–Kier alpha value is -1.10. The number of likely N-dealkylation sites (tertiary alicyclic amines) is 1. The second-order valence-electron chi connectivity index (χ2n) is 5.91. The number of carboxylic acids is 1. The summed E-state index contributed by atoms with van der Waals surface area (Å²) in [6.45, 7) is 1.83. The number of rotatable bonds is 3. The fraction of sp³-hybridized carbons (Fsp3) is 0.857.